The summed E-state index contributed by atoms with van der Waals surface area (Å²) >= 11 is 0. The van der Waals surface area contributed by atoms with Gasteiger partial charge in [0.1, 0.15) is 11.5 Å². The first-order chi connectivity index (χ1) is 12.9. The number of hydrogen-bond donors (Lipinski definition) is 0. The molecular weight excluding hydrogens is 348 g/mol. The van der Waals surface area contributed by atoms with Crippen LogP contribution >= 0.6 is 0 Å². The molecule has 0 saturated heterocycles. The van der Waals surface area contributed by atoms with Crippen LogP contribution in [0.2, 0.25) is 0 Å². The number of carbonyl (C=O) groups excluding carboxylic acids is 2. The lowest BCUT2D eigenvalue weighted by molar-refractivity contribution is -0.139. The molecule has 2 rings (SSSR count). The lowest BCUT2D eigenvalue weighted by atomic mass is 10.1. The second-order valence-electron chi connectivity index (χ2n) is 5.31. The average molecular weight is 372 g/mol. The number of methoxy groups -OCH3 is 4. The largest absolute Gasteiger partial charge is 0.497 e. The fourth-order valence-corrected chi connectivity index (χ4v) is 2.07. The number of rotatable bonds is 6. The van der Waals surface area contributed by atoms with Gasteiger partial charge in [0.05, 0.1) is 40.4 Å². The Bertz CT molecular complexity index is 782. The van der Waals surface area contributed by atoms with E-state index in [9.17, 15) is 9.59 Å². The summed E-state index contributed by atoms with van der Waals surface area (Å²) < 4.78 is 19.2. The van der Waals surface area contributed by atoms with Gasteiger partial charge < -0.3 is 18.9 Å². The average Bonchev–Trinajstić information content (AvgIpc) is 2.73. The highest BCUT2D eigenvalue weighted by atomic mass is 16.5. The van der Waals surface area contributed by atoms with Crippen molar-refractivity contribution < 1.29 is 28.5 Å². The molecular formula is C21H24O6. The molecule has 0 spiro atoms. The highest BCUT2D eigenvalue weighted by Gasteiger charge is 2.09. The summed E-state index contributed by atoms with van der Waals surface area (Å²) in [6.07, 6.45) is 0.285. The lowest BCUT2D eigenvalue weighted by Gasteiger charge is -2.05. The Morgan fingerprint density at radius 2 is 1.44 bits per heavy atom. The highest BCUT2D eigenvalue weighted by Crippen LogP contribution is 2.19. The van der Waals surface area contributed by atoms with Crippen LogP contribution in [0.15, 0.2) is 55.1 Å². The summed E-state index contributed by atoms with van der Waals surface area (Å²) in [5.74, 6) is 0.764. The lowest BCUT2D eigenvalue weighted by Crippen LogP contribution is -2.04. The van der Waals surface area contributed by atoms with E-state index in [1.807, 2.05) is 24.3 Å². The molecule has 0 heterocycles. The zero-order chi connectivity index (χ0) is 20.2. The Balaban J connectivity index is 0.000000271. The van der Waals surface area contributed by atoms with E-state index in [-0.39, 0.29) is 12.4 Å². The zero-order valence-electron chi connectivity index (χ0n) is 16.0. The van der Waals surface area contributed by atoms with Crippen LogP contribution in [0.5, 0.6) is 11.5 Å². The minimum absolute atomic E-state index is 0.242. The molecule has 0 unspecified atom stereocenters. The molecule has 0 saturated carbocycles. The Morgan fingerprint density at radius 1 is 0.852 bits per heavy atom. The van der Waals surface area contributed by atoms with Gasteiger partial charge in [0.25, 0.3) is 0 Å². The third-order valence-electron chi connectivity index (χ3n) is 3.56. The molecule has 0 aromatic heterocycles. The molecule has 0 fully saturated rings. The topological polar surface area (TPSA) is 71.1 Å². The normalized spacial score (nSPS) is 9.33. The fraction of sp³-hybridized carbons (Fsp3) is 0.238. The van der Waals surface area contributed by atoms with Gasteiger partial charge in [-0.25, -0.2) is 4.79 Å². The minimum atomic E-state index is -0.432. The van der Waals surface area contributed by atoms with Crippen molar-refractivity contribution in [3.05, 3.63) is 66.2 Å². The Hall–Kier alpha value is -3.28. The number of esters is 2. The molecule has 6 nitrogen and oxygen atoms in total. The van der Waals surface area contributed by atoms with Gasteiger partial charge in [0, 0.05) is 0 Å². The minimum Gasteiger partial charge on any atom is -0.497 e. The van der Waals surface area contributed by atoms with Crippen molar-refractivity contribution >= 4 is 17.5 Å². The summed E-state index contributed by atoms with van der Waals surface area (Å²) in [5, 5.41) is 0. The number of hydrogen-bond acceptors (Lipinski definition) is 6. The van der Waals surface area contributed by atoms with Gasteiger partial charge in [-0.3, -0.25) is 4.79 Å². The van der Waals surface area contributed by atoms with Crippen LogP contribution < -0.4 is 9.47 Å². The summed E-state index contributed by atoms with van der Waals surface area (Å²) in [5.41, 5.74) is 1.92. The molecule has 0 aliphatic heterocycles. The Kier molecular flexibility index (Phi) is 9.15. The van der Waals surface area contributed by atoms with Crippen molar-refractivity contribution in [2.75, 3.05) is 28.4 Å². The molecule has 2 aromatic rings. The molecule has 0 aliphatic rings. The quantitative estimate of drug-likeness (QED) is 0.572. The first-order valence-electron chi connectivity index (χ1n) is 8.06. The molecule has 0 N–H and O–H groups in total. The van der Waals surface area contributed by atoms with E-state index in [1.54, 1.807) is 38.5 Å². The Labute approximate surface area is 159 Å². The van der Waals surface area contributed by atoms with Crippen LogP contribution in [-0.4, -0.2) is 40.4 Å². The molecule has 0 aliphatic carbocycles. The van der Waals surface area contributed by atoms with Gasteiger partial charge in [-0.1, -0.05) is 30.8 Å². The van der Waals surface area contributed by atoms with Crippen LogP contribution in [0.25, 0.3) is 5.57 Å². The predicted octanol–water partition coefficient (Wildman–Crippen LogP) is 3.29. The van der Waals surface area contributed by atoms with E-state index in [0.29, 0.717) is 16.9 Å². The smallest absolute Gasteiger partial charge is 0.337 e. The fourth-order valence-electron chi connectivity index (χ4n) is 2.07. The number of benzene rings is 2. The van der Waals surface area contributed by atoms with Crippen LogP contribution in [0.4, 0.5) is 0 Å². The molecule has 144 valence electrons. The molecule has 27 heavy (non-hydrogen) atoms. The van der Waals surface area contributed by atoms with Crippen molar-refractivity contribution in [1.29, 1.82) is 0 Å². The van der Waals surface area contributed by atoms with E-state index in [1.165, 1.54) is 14.2 Å². The maximum absolute atomic E-state index is 11.1. The SMILES string of the molecule is C=C(C(=O)OC)c1cccc(OC)c1.COC(=O)Cc1cccc(OC)c1. The van der Waals surface area contributed by atoms with E-state index >= 15 is 0 Å². The van der Waals surface area contributed by atoms with E-state index in [4.69, 9.17) is 9.47 Å². The van der Waals surface area contributed by atoms with E-state index in [0.717, 1.165) is 11.3 Å². The van der Waals surface area contributed by atoms with Gasteiger partial charge >= 0.3 is 11.9 Å². The monoisotopic (exact) mass is 372 g/mol. The van der Waals surface area contributed by atoms with Crippen molar-refractivity contribution in [3.8, 4) is 11.5 Å². The second-order valence-corrected chi connectivity index (χ2v) is 5.31. The second kappa shape index (κ2) is 11.4. The van der Waals surface area contributed by atoms with Gasteiger partial charge in [-0.15, -0.1) is 0 Å². The van der Waals surface area contributed by atoms with Crippen LogP contribution in [0.3, 0.4) is 0 Å². The van der Waals surface area contributed by atoms with Gasteiger partial charge in [-0.2, -0.15) is 0 Å². The van der Waals surface area contributed by atoms with Crippen molar-refractivity contribution in [3.63, 3.8) is 0 Å². The molecule has 0 atom stereocenters. The van der Waals surface area contributed by atoms with Crippen molar-refractivity contribution in [2.45, 2.75) is 6.42 Å². The van der Waals surface area contributed by atoms with Gasteiger partial charge in [0.2, 0.25) is 0 Å². The number of carbonyl (C=O) groups is 2. The number of ether oxygens (including phenoxy) is 4. The maximum atomic E-state index is 11.1. The van der Waals surface area contributed by atoms with Crippen LogP contribution in [0.1, 0.15) is 11.1 Å². The molecule has 6 heteroatoms. The summed E-state index contributed by atoms with van der Waals surface area (Å²) in [6.45, 7) is 3.64. The summed E-state index contributed by atoms with van der Waals surface area (Å²) in [7, 11) is 5.87. The van der Waals surface area contributed by atoms with Crippen LogP contribution in [-0.2, 0) is 25.5 Å². The van der Waals surface area contributed by atoms with E-state index in [2.05, 4.69) is 16.1 Å². The highest BCUT2D eigenvalue weighted by molar-refractivity contribution is 6.15. The predicted molar refractivity (Wildman–Crippen MR) is 103 cm³/mol. The van der Waals surface area contributed by atoms with Crippen LogP contribution in [0, 0.1) is 0 Å². The Morgan fingerprint density at radius 3 is 2.00 bits per heavy atom. The third kappa shape index (κ3) is 7.23. The summed E-state index contributed by atoms with van der Waals surface area (Å²) in [4.78, 5) is 22.1. The molecule has 0 bridgehead atoms. The third-order valence-corrected chi connectivity index (χ3v) is 3.56. The maximum Gasteiger partial charge on any atom is 0.337 e. The summed E-state index contributed by atoms with van der Waals surface area (Å²) in [6, 6.07) is 14.5. The van der Waals surface area contributed by atoms with Gasteiger partial charge in [0.15, 0.2) is 0 Å². The van der Waals surface area contributed by atoms with Crippen molar-refractivity contribution in [1.82, 2.24) is 0 Å². The molecule has 0 radical (unpaired) electrons. The molecule has 2 aromatic carbocycles. The zero-order valence-corrected chi connectivity index (χ0v) is 16.0. The van der Waals surface area contributed by atoms with Crippen molar-refractivity contribution in [2.24, 2.45) is 0 Å². The van der Waals surface area contributed by atoms with Gasteiger partial charge in [-0.05, 0) is 35.4 Å². The standard InChI is InChI=1S/C11H12O3.C10H12O3/c1-8(11(12)14-3)9-5-4-6-10(7-9)13-2;1-12-9-5-3-4-8(6-9)7-10(11)13-2/h4-7H,1H2,2-3H3;3-6H,7H2,1-2H3. The van der Waals surface area contributed by atoms with E-state index < -0.39 is 5.97 Å². The first-order valence-corrected chi connectivity index (χ1v) is 8.06. The first kappa shape index (κ1) is 21.8. The molecule has 0 amide bonds.